The monoisotopic (exact) mass is 360 g/mol. The molecule has 0 radical (unpaired) electrons. The predicted octanol–water partition coefficient (Wildman–Crippen LogP) is 3.69. The van der Waals surface area contributed by atoms with E-state index in [1.807, 2.05) is 18.2 Å². The third-order valence-corrected chi connectivity index (χ3v) is 3.97. The van der Waals surface area contributed by atoms with Crippen molar-refractivity contribution in [1.82, 2.24) is 0 Å². The highest BCUT2D eigenvalue weighted by Gasteiger charge is 2.22. The molecule has 0 saturated heterocycles. The Hall–Kier alpha value is -2.53. The van der Waals surface area contributed by atoms with Crippen LogP contribution in [0, 0.1) is 0 Å². The molecule has 1 aliphatic rings. The fraction of sp³-hybridized carbons (Fsp3) is 0.263. The van der Waals surface area contributed by atoms with Gasteiger partial charge in [0.1, 0.15) is 13.2 Å². The molecule has 130 valence electrons. The van der Waals surface area contributed by atoms with Gasteiger partial charge in [-0.1, -0.05) is 23.7 Å². The van der Waals surface area contributed by atoms with Crippen molar-refractivity contribution in [1.29, 1.82) is 0 Å². The fourth-order valence-corrected chi connectivity index (χ4v) is 2.52. The first-order valence-corrected chi connectivity index (χ1v) is 8.32. The van der Waals surface area contributed by atoms with E-state index in [9.17, 15) is 9.59 Å². The molecule has 0 N–H and O–H groups in total. The van der Waals surface area contributed by atoms with Crippen molar-refractivity contribution in [3.8, 4) is 11.5 Å². The summed E-state index contributed by atoms with van der Waals surface area (Å²) in [6, 6.07) is 13.9. The van der Waals surface area contributed by atoms with Crippen LogP contribution >= 0.6 is 11.6 Å². The standard InChI is InChI=1S/C19H17ClO5/c20-14-7-5-13(6-8-14)16(21)9-10-19(22)24-12-15-11-23-17-3-1-2-4-18(17)25-15/h1-8,15H,9-12H2/t15-/m1/s1. The number of halogens is 1. The summed E-state index contributed by atoms with van der Waals surface area (Å²) >= 11 is 5.78. The zero-order valence-corrected chi connectivity index (χ0v) is 14.2. The number of hydrogen-bond acceptors (Lipinski definition) is 5. The van der Waals surface area contributed by atoms with Crippen LogP contribution < -0.4 is 9.47 Å². The Labute approximate surface area is 150 Å². The molecule has 0 spiro atoms. The molecular weight excluding hydrogens is 344 g/mol. The van der Waals surface area contributed by atoms with Gasteiger partial charge in [-0.05, 0) is 36.4 Å². The van der Waals surface area contributed by atoms with E-state index in [2.05, 4.69) is 0 Å². The van der Waals surface area contributed by atoms with Gasteiger partial charge >= 0.3 is 5.97 Å². The fourth-order valence-electron chi connectivity index (χ4n) is 2.40. The van der Waals surface area contributed by atoms with Crippen molar-refractivity contribution in [3.05, 3.63) is 59.1 Å². The number of esters is 1. The Morgan fingerprint density at radius 3 is 2.52 bits per heavy atom. The van der Waals surface area contributed by atoms with Crippen LogP contribution in [0.4, 0.5) is 0 Å². The zero-order chi connectivity index (χ0) is 17.6. The van der Waals surface area contributed by atoms with Crippen LogP contribution in [-0.2, 0) is 9.53 Å². The maximum atomic E-state index is 12.0. The molecule has 2 aromatic rings. The normalized spacial score (nSPS) is 15.5. The van der Waals surface area contributed by atoms with Crippen LogP contribution in [0.3, 0.4) is 0 Å². The summed E-state index contributed by atoms with van der Waals surface area (Å²) in [6.07, 6.45) is -0.248. The van der Waals surface area contributed by atoms with Crippen LogP contribution in [0.15, 0.2) is 48.5 Å². The van der Waals surface area contributed by atoms with E-state index in [4.69, 9.17) is 25.8 Å². The molecule has 0 bridgehead atoms. The number of para-hydroxylation sites is 2. The number of benzene rings is 2. The van der Waals surface area contributed by atoms with Gasteiger partial charge in [-0.3, -0.25) is 9.59 Å². The van der Waals surface area contributed by atoms with Crippen LogP contribution in [0.5, 0.6) is 11.5 Å². The van der Waals surface area contributed by atoms with Gasteiger partial charge in [-0.15, -0.1) is 0 Å². The topological polar surface area (TPSA) is 61.8 Å². The van der Waals surface area contributed by atoms with Gasteiger partial charge in [-0.2, -0.15) is 0 Å². The molecule has 0 unspecified atom stereocenters. The van der Waals surface area contributed by atoms with Crippen LogP contribution in [0.1, 0.15) is 23.2 Å². The minimum absolute atomic E-state index is 0.0195. The number of ether oxygens (including phenoxy) is 3. The Kier molecular flexibility index (Phi) is 5.56. The van der Waals surface area contributed by atoms with E-state index in [0.29, 0.717) is 28.7 Å². The summed E-state index contributed by atoms with van der Waals surface area (Å²) in [5.74, 6) is 0.746. The Morgan fingerprint density at radius 1 is 1.04 bits per heavy atom. The lowest BCUT2D eigenvalue weighted by atomic mass is 10.1. The van der Waals surface area contributed by atoms with Crippen molar-refractivity contribution < 1.29 is 23.8 Å². The quantitative estimate of drug-likeness (QED) is 0.580. The molecule has 0 aliphatic carbocycles. The van der Waals surface area contributed by atoms with Crippen LogP contribution in [0.2, 0.25) is 5.02 Å². The summed E-state index contributed by atoms with van der Waals surface area (Å²) in [4.78, 5) is 23.8. The maximum absolute atomic E-state index is 12.0. The number of carbonyl (C=O) groups excluding carboxylic acids is 2. The lowest BCUT2D eigenvalue weighted by Crippen LogP contribution is -2.34. The molecule has 6 heteroatoms. The first kappa shape index (κ1) is 17.3. The Bertz CT molecular complexity index is 757. The van der Waals surface area contributed by atoms with E-state index in [1.54, 1.807) is 30.3 Å². The SMILES string of the molecule is O=C(CCC(=O)c1ccc(Cl)cc1)OC[C@H]1COc2ccccc2O1. The highest BCUT2D eigenvalue weighted by atomic mass is 35.5. The van der Waals surface area contributed by atoms with E-state index in [1.165, 1.54) is 0 Å². The molecule has 0 fully saturated rings. The van der Waals surface area contributed by atoms with E-state index in [0.717, 1.165) is 0 Å². The van der Waals surface area contributed by atoms with E-state index in [-0.39, 0.29) is 31.3 Å². The molecule has 0 amide bonds. The summed E-state index contributed by atoms with van der Waals surface area (Å²) in [7, 11) is 0. The average molecular weight is 361 g/mol. The van der Waals surface area contributed by atoms with Crippen molar-refractivity contribution >= 4 is 23.4 Å². The number of rotatable bonds is 6. The predicted molar refractivity (Wildman–Crippen MR) is 92.3 cm³/mol. The van der Waals surface area contributed by atoms with Crippen molar-refractivity contribution in [2.75, 3.05) is 13.2 Å². The number of carbonyl (C=O) groups is 2. The second-order valence-electron chi connectivity index (χ2n) is 5.61. The first-order chi connectivity index (χ1) is 12.1. The number of Topliss-reactive ketones (excluding diaryl/α,β-unsaturated/α-hetero) is 1. The zero-order valence-electron chi connectivity index (χ0n) is 13.4. The molecule has 3 rings (SSSR count). The van der Waals surface area contributed by atoms with Crippen molar-refractivity contribution in [2.24, 2.45) is 0 Å². The highest BCUT2D eigenvalue weighted by molar-refractivity contribution is 6.30. The summed E-state index contributed by atoms with van der Waals surface area (Å²) in [5, 5.41) is 0.562. The molecule has 0 saturated carbocycles. The molecule has 1 atom stereocenters. The highest BCUT2D eigenvalue weighted by Crippen LogP contribution is 2.30. The third kappa shape index (κ3) is 4.73. The van der Waals surface area contributed by atoms with Gasteiger partial charge in [0.15, 0.2) is 23.4 Å². The largest absolute Gasteiger partial charge is 0.486 e. The van der Waals surface area contributed by atoms with Gasteiger partial charge in [0.05, 0.1) is 6.42 Å². The van der Waals surface area contributed by atoms with E-state index < -0.39 is 5.97 Å². The lowest BCUT2D eigenvalue weighted by molar-refractivity contribution is -0.146. The molecule has 5 nitrogen and oxygen atoms in total. The molecule has 1 heterocycles. The average Bonchev–Trinajstić information content (AvgIpc) is 2.65. The molecule has 0 aromatic heterocycles. The van der Waals surface area contributed by atoms with Crippen LogP contribution in [-0.4, -0.2) is 31.1 Å². The van der Waals surface area contributed by atoms with Crippen LogP contribution in [0.25, 0.3) is 0 Å². The van der Waals surface area contributed by atoms with Gasteiger partial charge < -0.3 is 14.2 Å². The minimum Gasteiger partial charge on any atom is -0.486 e. The number of ketones is 1. The Morgan fingerprint density at radius 2 is 1.76 bits per heavy atom. The molecule has 1 aliphatic heterocycles. The molecule has 2 aromatic carbocycles. The summed E-state index contributed by atoms with van der Waals surface area (Å²) in [5.41, 5.74) is 0.526. The first-order valence-electron chi connectivity index (χ1n) is 7.94. The van der Waals surface area contributed by atoms with Gasteiger partial charge in [0.25, 0.3) is 0 Å². The maximum Gasteiger partial charge on any atom is 0.306 e. The second-order valence-corrected chi connectivity index (χ2v) is 6.05. The Balaban J connectivity index is 1.41. The van der Waals surface area contributed by atoms with Crippen molar-refractivity contribution in [3.63, 3.8) is 0 Å². The third-order valence-electron chi connectivity index (χ3n) is 3.72. The second kappa shape index (κ2) is 8.03. The van der Waals surface area contributed by atoms with Crippen molar-refractivity contribution in [2.45, 2.75) is 18.9 Å². The van der Waals surface area contributed by atoms with Gasteiger partial charge in [-0.25, -0.2) is 0 Å². The lowest BCUT2D eigenvalue weighted by Gasteiger charge is -2.26. The molecule has 25 heavy (non-hydrogen) atoms. The minimum atomic E-state index is -0.440. The van der Waals surface area contributed by atoms with Gasteiger partial charge in [0, 0.05) is 17.0 Å². The van der Waals surface area contributed by atoms with E-state index >= 15 is 0 Å². The summed E-state index contributed by atoms with van der Waals surface area (Å²) in [6.45, 7) is 0.399. The van der Waals surface area contributed by atoms with Gasteiger partial charge in [0.2, 0.25) is 0 Å². The summed E-state index contributed by atoms with van der Waals surface area (Å²) < 4.78 is 16.4. The number of hydrogen-bond donors (Lipinski definition) is 0. The number of fused-ring (bicyclic) bond motifs is 1. The smallest absolute Gasteiger partial charge is 0.306 e. The molecular formula is C19H17ClO5.